The Balaban J connectivity index is 2.04. The normalized spacial score (nSPS) is 15.8. The molecule has 1 fully saturated rings. The van der Waals surface area contributed by atoms with E-state index in [0.29, 0.717) is 37.6 Å². The van der Waals surface area contributed by atoms with Crippen LogP contribution >= 0.6 is 11.8 Å². The second-order valence-corrected chi connectivity index (χ2v) is 6.31. The van der Waals surface area contributed by atoms with Crippen molar-refractivity contribution in [1.82, 2.24) is 19.6 Å². The van der Waals surface area contributed by atoms with Gasteiger partial charge >= 0.3 is 0 Å². The molecule has 0 aromatic carbocycles. The van der Waals surface area contributed by atoms with E-state index in [0.717, 1.165) is 18.7 Å². The topological polar surface area (TPSA) is 58.4 Å². The summed E-state index contributed by atoms with van der Waals surface area (Å²) in [6.07, 6.45) is 2.75. The molecule has 0 unspecified atom stereocenters. The van der Waals surface area contributed by atoms with E-state index in [1.807, 2.05) is 36.0 Å². The van der Waals surface area contributed by atoms with Crippen molar-refractivity contribution in [2.24, 2.45) is 0 Å². The van der Waals surface area contributed by atoms with Gasteiger partial charge in [0.1, 0.15) is 5.69 Å². The van der Waals surface area contributed by atoms with Gasteiger partial charge in [0.2, 0.25) is 5.91 Å². The third kappa shape index (κ3) is 3.82. The van der Waals surface area contributed by atoms with Crippen molar-refractivity contribution >= 4 is 23.6 Å². The Morgan fingerprint density at radius 2 is 1.91 bits per heavy atom. The molecular weight excluding hydrogens is 300 g/mol. The summed E-state index contributed by atoms with van der Waals surface area (Å²) in [4.78, 5) is 28.4. The predicted molar refractivity (Wildman–Crippen MR) is 88.1 cm³/mol. The lowest BCUT2D eigenvalue weighted by Crippen LogP contribution is -2.38. The number of carbonyl (C=O) groups is 2. The van der Waals surface area contributed by atoms with Crippen molar-refractivity contribution in [3.8, 4) is 0 Å². The van der Waals surface area contributed by atoms with E-state index in [4.69, 9.17) is 0 Å². The van der Waals surface area contributed by atoms with Crippen molar-refractivity contribution in [1.29, 1.82) is 0 Å². The third-order valence-electron chi connectivity index (χ3n) is 3.82. The summed E-state index contributed by atoms with van der Waals surface area (Å²) in [5, 5.41) is 4.34. The number of amides is 2. The van der Waals surface area contributed by atoms with Gasteiger partial charge in [0.15, 0.2) is 0 Å². The zero-order valence-electron chi connectivity index (χ0n) is 13.5. The van der Waals surface area contributed by atoms with Gasteiger partial charge in [-0.3, -0.25) is 14.3 Å². The maximum absolute atomic E-state index is 12.7. The fourth-order valence-corrected chi connectivity index (χ4v) is 3.13. The Morgan fingerprint density at radius 1 is 1.23 bits per heavy atom. The smallest absolute Gasteiger partial charge is 0.272 e. The van der Waals surface area contributed by atoms with Gasteiger partial charge in [-0.05, 0) is 32.6 Å². The van der Waals surface area contributed by atoms with Crippen LogP contribution in [0.15, 0.2) is 6.07 Å². The van der Waals surface area contributed by atoms with E-state index in [1.165, 1.54) is 11.8 Å². The minimum atomic E-state index is 0.0154. The van der Waals surface area contributed by atoms with E-state index < -0.39 is 0 Å². The Bertz CT molecular complexity index is 544. The van der Waals surface area contributed by atoms with E-state index >= 15 is 0 Å². The fourth-order valence-electron chi connectivity index (χ4n) is 2.71. The average molecular weight is 324 g/mol. The molecule has 2 amide bonds. The summed E-state index contributed by atoms with van der Waals surface area (Å²) in [5.74, 6) is 0.688. The molecule has 1 aromatic rings. The molecule has 2 rings (SSSR count). The molecule has 0 radical (unpaired) electrons. The Kier molecular flexibility index (Phi) is 5.88. The average Bonchev–Trinajstić information content (AvgIpc) is 2.73. The molecule has 22 heavy (non-hydrogen) atoms. The van der Waals surface area contributed by atoms with Gasteiger partial charge in [0.05, 0.1) is 11.4 Å². The van der Waals surface area contributed by atoms with Crippen LogP contribution in [-0.2, 0) is 11.3 Å². The highest BCUT2D eigenvalue weighted by molar-refractivity contribution is 7.99. The van der Waals surface area contributed by atoms with Crippen LogP contribution in [0.2, 0.25) is 0 Å². The van der Waals surface area contributed by atoms with Gasteiger partial charge in [-0.15, -0.1) is 0 Å². The van der Waals surface area contributed by atoms with Gasteiger partial charge in [-0.1, -0.05) is 0 Å². The summed E-state index contributed by atoms with van der Waals surface area (Å²) in [6, 6.07) is 1.84. The van der Waals surface area contributed by atoms with Gasteiger partial charge in [-0.2, -0.15) is 16.9 Å². The van der Waals surface area contributed by atoms with Crippen LogP contribution in [0.1, 0.15) is 29.5 Å². The first-order chi connectivity index (χ1) is 10.6. The lowest BCUT2D eigenvalue weighted by Gasteiger charge is -2.22. The number of aromatic nitrogens is 2. The molecular formula is C15H24N4O2S. The first kappa shape index (κ1) is 16.9. The predicted octanol–water partition coefficient (Wildman–Crippen LogP) is 1.25. The van der Waals surface area contributed by atoms with Crippen molar-refractivity contribution in [2.75, 3.05) is 38.2 Å². The van der Waals surface area contributed by atoms with Crippen LogP contribution in [0.5, 0.6) is 0 Å². The van der Waals surface area contributed by atoms with E-state index in [-0.39, 0.29) is 11.8 Å². The van der Waals surface area contributed by atoms with Gasteiger partial charge in [-0.25, -0.2) is 0 Å². The van der Waals surface area contributed by atoms with Gasteiger partial charge < -0.3 is 9.80 Å². The van der Waals surface area contributed by atoms with Crippen LogP contribution in [0.3, 0.4) is 0 Å². The van der Waals surface area contributed by atoms with E-state index in [9.17, 15) is 9.59 Å². The summed E-state index contributed by atoms with van der Waals surface area (Å²) in [5.41, 5.74) is 1.50. The third-order valence-corrected chi connectivity index (χ3v) is 4.36. The van der Waals surface area contributed by atoms with E-state index in [1.54, 1.807) is 4.68 Å². The van der Waals surface area contributed by atoms with Crippen molar-refractivity contribution in [2.45, 2.75) is 26.8 Å². The highest BCUT2D eigenvalue weighted by Crippen LogP contribution is 2.12. The minimum absolute atomic E-state index is 0.0154. The molecule has 2 heterocycles. The monoisotopic (exact) mass is 324 g/mol. The summed E-state index contributed by atoms with van der Waals surface area (Å²) < 4.78 is 1.75. The molecule has 1 aliphatic heterocycles. The molecule has 0 atom stereocenters. The first-order valence-electron chi connectivity index (χ1n) is 7.67. The molecule has 0 bridgehead atoms. The van der Waals surface area contributed by atoms with Crippen molar-refractivity contribution in [3.63, 3.8) is 0 Å². The number of aryl methyl sites for hydroxylation is 2. The molecule has 0 N–H and O–H groups in total. The molecule has 1 aromatic heterocycles. The van der Waals surface area contributed by atoms with Crippen LogP contribution in [0.4, 0.5) is 0 Å². The largest absolute Gasteiger partial charge is 0.340 e. The second-order valence-electron chi connectivity index (χ2n) is 5.45. The zero-order chi connectivity index (χ0) is 16.1. The Hall–Kier alpha value is -1.50. The first-order valence-corrected chi connectivity index (χ1v) is 9.06. The highest BCUT2D eigenvalue weighted by atomic mass is 32.2. The SMILES string of the molecule is CCn1nc(C)cc1C(=O)N1CCCN(C(=O)CSC)CC1. The summed E-state index contributed by atoms with van der Waals surface area (Å²) >= 11 is 1.54. The summed E-state index contributed by atoms with van der Waals surface area (Å²) in [7, 11) is 0. The number of rotatable bonds is 4. The molecule has 1 saturated heterocycles. The zero-order valence-corrected chi connectivity index (χ0v) is 14.4. The van der Waals surface area contributed by atoms with Crippen LogP contribution in [0.25, 0.3) is 0 Å². The number of thioether (sulfide) groups is 1. The lowest BCUT2D eigenvalue weighted by molar-refractivity contribution is -0.128. The second kappa shape index (κ2) is 7.67. The quantitative estimate of drug-likeness (QED) is 0.836. The molecule has 0 spiro atoms. The van der Waals surface area contributed by atoms with Gasteiger partial charge in [0.25, 0.3) is 5.91 Å². The van der Waals surface area contributed by atoms with E-state index in [2.05, 4.69) is 5.10 Å². The highest BCUT2D eigenvalue weighted by Gasteiger charge is 2.24. The molecule has 0 aliphatic carbocycles. The maximum Gasteiger partial charge on any atom is 0.272 e. The molecule has 122 valence electrons. The number of hydrogen-bond donors (Lipinski definition) is 0. The number of nitrogens with zero attached hydrogens (tertiary/aromatic N) is 4. The molecule has 0 saturated carbocycles. The van der Waals surface area contributed by atoms with Crippen molar-refractivity contribution < 1.29 is 9.59 Å². The summed E-state index contributed by atoms with van der Waals surface area (Å²) in [6.45, 7) is 7.19. The van der Waals surface area contributed by atoms with Crippen LogP contribution < -0.4 is 0 Å². The maximum atomic E-state index is 12.7. The lowest BCUT2D eigenvalue weighted by atomic mass is 10.3. The van der Waals surface area contributed by atoms with Gasteiger partial charge in [0, 0.05) is 32.7 Å². The standard InChI is InChI=1S/C15H24N4O2S/c1-4-19-13(10-12(2)16-19)15(21)18-7-5-6-17(8-9-18)14(20)11-22-3/h10H,4-9,11H2,1-3H3. The molecule has 1 aliphatic rings. The molecule has 7 heteroatoms. The number of hydrogen-bond acceptors (Lipinski definition) is 4. The fraction of sp³-hybridized carbons (Fsp3) is 0.667. The van der Waals surface area contributed by atoms with Crippen LogP contribution in [-0.4, -0.2) is 69.6 Å². The van der Waals surface area contributed by atoms with Crippen molar-refractivity contribution in [3.05, 3.63) is 17.5 Å². The Morgan fingerprint density at radius 3 is 2.59 bits per heavy atom. The Labute approximate surface area is 135 Å². The minimum Gasteiger partial charge on any atom is -0.340 e. The van der Waals surface area contributed by atoms with Crippen LogP contribution in [0, 0.1) is 6.92 Å². The number of carbonyl (C=O) groups excluding carboxylic acids is 2. The molecule has 6 nitrogen and oxygen atoms in total.